The number of aryl methyl sites for hydroxylation is 1. The molecule has 5 heteroatoms. The van der Waals surface area contributed by atoms with Crippen molar-refractivity contribution >= 4 is 28.3 Å². The number of alkyl carbamates (subject to hydrolysis) is 1. The van der Waals surface area contributed by atoms with Gasteiger partial charge >= 0.3 is 6.09 Å². The standard InChI is InChI=1S/C15H20BrNO3/c1-10-9-11(16)5-6-12(10)13(7-8-18)17-14(19)20-15(2,3)4/h5-6,8-9,13H,7H2,1-4H3,(H,17,19)/t13-/m1/s1. The van der Waals surface area contributed by atoms with Crippen LogP contribution in [0, 0.1) is 6.92 Å². The molecule has 0 heterocycles. The Kier molecular flexibility index (Phi) is 5.74. The molecule has 1 amide bonds. The maximum Gasteiger partial charge on any atom is 0.408 e. The summed E-state index contributed by atoms with van der Waals surface area (Å²) in [5.41, 5.74) is 1.35. The molecule has 4 nitrogen and oxygen atoms in total. The summed E-state index contributed by atoms with van der Waals surface area (Å²) < 4.78 is 6.18. The number of hydrogen-bond acceptors (Lipinski definition) is 3. The maximum absolute atomic E-state index is 11.8. The molecule has 0 saturated heterocycles. The van der Waals surface area contributed by atoms with Gasteiger partial charge in [0.25, 0.3) is 0 Å². The van der Waals surface area contributed by atoms with Crippen LogP contribution in [-0.4, -0.2) is 18.0 Å². The molecule has 0 aromatic heterocycles. The predicted molar refractivity (Wildman–Crippen MR) is 81.7 cm³/mol. The minimum absolute atomic E-state index is 0.210. The summed E-state index contributed by atoms with van der Waals surface area (Å²) >= 11 is 3.39. The summed E-state index contributed by atoms with van der Waals surface area (Å²) in [6.07, 6.45) is 0.484. The smallest absolute Gasteiger partial charge is 0.408 e. The summed E-state index contributed by atoms with van der Waals surface area (Å²) in [6, 6.07) is 5.35. The Morgan fingerprint density at radius 3 is 2.60 bits per heavy atom. The summed E-state index contributed by atoms with van der Waals surface area (Å²) in [6.45, 7) is 7.33. The van der Waals surface area contributed by atoms with Gasteiger partial charge < -0.3 is 14.8 Å². The number of halogens is 1. The van der Waals surface area contributed by atoms with Gasteiger partial charge in [-0.3, -0.25) is 0 Å². The maximum atomic E-state index is 11.8. The van der Waals surface area contributed by atoms with Crippen LogP contribution in [0.25, 0.3) is 0 Å². The highest BCUT2D eigenvalue weighted by Gasteiger charge is 2.21. The monoisotopic (exact) mass is 341 g/mol. The van der Waals surface area contributed by atoms with Crippen LogP contribution < -0.4 is 5.32 Å². The van der Waals surface area contributed by atoms with E-state index in [1.165, 1.54) is 0 Å². The van der Waals surface area contributed by atoms with E-state index >= 15 is 0 Å². The summed E-state index contributed by atoms with van der Waals surface area (Å²) in [5, 5.41) is 2.74. The van der Waals surface area contributed by atoms with Gasteiger partial charge in [0.15, 0.2) is 0 Å². The molecular formula is C15H20BrNO3. The van der Waals surface area contributed by atoms with Crippen LogP contribution in [0.1, 0.15) is 44.4 Å². The van der Waals surface area contributed by atoms with Gasteiger partial charge in [-0.25, -0.2) is 4.79 Å². The lowest BCUT2D eigenvalue weighted by Crippen LogP contribution is -2.35. The van der Waals surface area contributed by atoms with E-state index in [0.29, 0.717) is 0 Å². The van der Waals surface area contributed by atoms with Crippen molar-refractivity contribution in [3.8, 4) is 0 Å². The number of rotatable bonds is 4. The molecule has 0 bridgehead atoms. The molecule has 1 atom stereocenters. The fraction of sp³-hybridized carbons (Fsp3) is 0.467. The van der Waals surface area contributed by atoms with E-state index in [2.05, 4.69) is 21.2 Å². The van der Waals surface area contributed by atoms with Crippen molar-refractivity contribution < 1.29 is 14.3 Å². The van der Waals surface area contributed by atoms with Gasteiger partial charge in [-0.2, -0.15) is 0 Å². The molecular weight excluding hydrogens is 322 g/mol. The highest BCUT2D eigenvalue weighted by Crippen LogP contribution is 2.24. The van der Waals surface area contributed by atoms with E-state index in [4.69, 9.17) is 4.74 Å². The first kappa shape index (κ1) is 16.7. The zero-order chi connectivity index (χ0) is 15.3. The largest absolute Gasteiger partial charge is 0.444 e. The molecule has 0 saturated carbocycles. The van der Waals surface area contributed by atoms with Crippen molar-refractivity contribution in [2.45, 2.75) is 45.8 Å². The summed E-state index contributed by atoms with van der Waals surface area (Å²) in [4.78, 5) is 22.7. The first-order chi connectivity index (χ1) is 9.23. The lowest BCUT2D eigenvalue weighted by Gasteiger charge is -2.24. The lowest BCUT2D eigenvalue weighted by molar-refractivity contribution is -0.108. The van der Waals surface area contributed by atoms with E-state index in [-0.39, 0.29) is 12.5 Å². The third kappa shape index (κ3) is 5.33. The van der Waals surface area contributed by atoms with E-state index in [0.717, 1.165) is 21.9 Å². The highest BCUT2D eigenvalue weighted by atomic mass is 79.9. The summed E-state index contributed by atoms with van der Waals surface area (Å²) in [7, 11) is 0. The number of aldehydes is 1. The molecule has 0 radical (unpaired) electrons. The number of ether oxygens (including phenoxy) is 1. The molecule has 1 N–H and O–H groups in total. The highest BCUT2D eigenvalue weighted by molar-refractivity contribution is 9.10. The van der Waals surface area contributed by atoms with Crippen LogP contribution in [0.2, 0.25) is 0 Å². The SMILES string of the molecule is Cc1cc(Br)ccc1[C@@H](CC=O)NC(=O)OC(C)(C)C. The predicted octanol–water partition coefficient (Wildman–Crippen LogP) is 3.91. The van der Waals surface area contributed by atoms with Gasteiger partial charge in [0.05, 0.1) is 6.04 Å². The van der Waals surface area contributed by atoms with Crippen molar-refractivity contribution in [2.75, 3.05) is 0 Å². The molecule has 1 rings (SSSR count). The fourth-order valence-electron chi connectivity index (χ4n) is 1.84. The van der Waals surface area contributed by atoms with Crippen LogP contribution >= 0.6 is 15.9 Å². The number of amides is 1. The van der Waals surface area contributed by atoms with Crippen molar-refractivity contribution in [1.82, 2.24) is 5.32 Å². The Morgan fingerprint density at radius 2 is 2.10 bits per heavy atom. The second kappa shape index (κ2) is 6.88. The third-order valence-corrected chi connectivity index (χ3v) is 3.12. The number of benzene rings is 1. The Bertz CT molecular complexity index is 494. The lowest BCUT2D eigenvalue weighted by atomic mass is 9.99. The van der Waals surface area contributed by atoms with Gasteiger partial charge in [-0.05, 0) is 51.0 Å². The molecule has 0 unspecified atom stereocenters. The van der Waals surface area contributed by atoms with E-state index in [1.54, 1.807) is 20.8 Å². The van der Waals surface area contributed by atoms with Crippen molar-refractivity contribution in [3.63, 3.8) is 0 Å². The van der Waals surface area contributed by atoms with Gasteiger partial charge in [-0.15, -0.1) is 0 Å². The van der Waals surface area contributed by atoms with Crippen LogP contribution in [0.4, 0.5) is 4.79 Å². The number of carbonyl (C=O) groups excluding carboxylic acids is 2. The van der Waals surface area contributed by atoms with Crippen molar-refractivity contribution in [2.24, 2.45) is 0 Å². The van der Waals surface area contributed by atoms with Gasteiger partial charge in [0, 0.05) is 10.9 Å². The Balaban J connectivity index is 2.89. The summed E-state index contributed by atoms with van der Waals surface area (Å²) in [5.74, 6) is 0. The number of nitrogens with one attached hydrogen (secondary N) is 1. The quantitative estimate of drug-likeness (QED) is 0.844. The van der Waals surface area contributed by atoms with E-state index < -0.39 is 11.7 Å². The second-order valence-corrected chi connectivity index (χ2v) is 6.52. The van der Waals surface area contributed by atoms with Crippen LogP contribution in [0.5, 0.6) is 0 Å². The number of carbonyl (C=O) groups is 2. The Labute approximate surface area is 128 Å². The first-order valence-electron chi connectivity index (χ1n) is 6.42. The molecule has 110 valence electrons. The zero-order valence-electron chi connectivity index (χ0n) is 12.2. The average molecular weight is 342 g/mol. The van der Waals surface area contributed by atoms with Crippen LogP contribution in [0.3, 0.4) is 0 Å². The Morgan fingerprint density at radius 1 is 1.45 bits per heavy atom. The fourth-order valence-corrected chi connectivity index (χ4v) is 2.32. The zero-order valence-corrected chi connectivity index (χ0v) is 13.8. The van der Waals surface area contributed by atoms with Gasteiger partial charge in [0.2, 0.25) is 0 Å². The van der Waals surface area contributed by atoms with E-state index in [1.807, 2.05) is 25.1 Å². The molecule has 0 fully saturated rings. The minimum atomic E-state index is -0.565. The van der Waals surface area contributed by atoms with Crippen LogP contribution in [-0.2, 0) is 9.53 Å². The molecule has 0 aliphatic carbocycles. The van der Waals surface area contributed by atoms with Gasteiger partial charge in [0.1, 0.15) is 11.9 Å². The molecule has 0 aliphatic heterocycles. The van der Waals surface area contributed by atoms with E-state index in [9.17, 15) is 9.59 Å². The number of hydrogen-bond donors (Lipinski definition) is 1. The normalized spacial score (nSPS) is 12.7. The molecule has 1 aromatic carbocycles. The average Bonchev–Trinajstić information content (AvgIpc) is 2.25. The van der Waals surface area contributed by atoms with Crippen LogP contribution in [0.15, 0.2) is 22.7 Å². The Hall–Kier alpha value is -1.36. The molecule has 20 heavy (non-hydrogen) atoms. The minimum Gasteiger partial charge on any atom is -0.444 e. The topological polar surface area (TPSA) is 55.4 Å². The van der Waals surface area contributed by atoms with Crippen molar-refractivity contribution in [3.05, 3.63) is 33.8 Å². The molecule has 0 aliphatic rings. The second-order valence-electron chi connectivity index (χ2n) is 5.60. The third-order valence-electron chi connectivity index (χ3n) is 2.63. The first-order valence-corrected chi connectivity index (χ1v) is 7.21. The molecule has 0 spiro atoms. The molecule has 1 aromatic rings. The van der Waals surface area contributed by atoms with Crippen molar-refractivity contribution in [1.29, 1.82) is 0 Å². The van der Waals surface area contributed by atoms with Gasteiger partial charge in [-0.1, -0.05) is 22.0 Å².